The van der Waals surface area contributed by atoms with Gasteiger partial charge in [0.25, 0.3) is 0 Å². The van der Waals surface area contributed by atoms with Crippen LogP contribution in [-0.4, -0.2) is 21.1 Å². The quantitative estimate of drug-likeness (QED) is 0.510. The second-order valence-electron chi connectivity index (χ2n) is 4.22. The van der Waals surface area contributed by atoms with E-state index in [1.54, 1.807) is 24.0 Å². The van der Waals surface area contributed by atoms with E-state index < -0.39 is 0 Å². The Kier molecular flexibility index (Phi) is 5.17. The van der Waals surface area contributed by atoms with Crippen LogP contribution in [0.2, 0.25) is 10.2 Å². The number of benzene rings is 1. The third kappa shape index (κ3) is 3.93. The zero-order valence-electron chi connectivity index (χ0n) is 11.4. The van der Waals surface area contributed by atoms with Gasteiger partial charge in [0.05, 0.1) is 28.2 Å². The van der Waals surface area contributed by atoms with Gasteiger partial charge in [-0.25, -0.2) is 0 Å². The van der Waals surface area contributed by atoms with Crippen LogP contribution in [0.4, 0.5) is 5.69 Å². The van der Waals surface area contributed by atoms with Gasteiger partial charge in [-0.05, 0) is 31.3 Å². The van der Waals surface area contributed by atoms with Crippen LogP contribution < -0.4 is 10.7 Å². The number of hydrazone groups is 1. The first kappa shape index (κ1) is 15.8. The first-order valence-corrected chi connectivity index (χ1v) is 7.19. The van der Waals surface area contributed by atoms with Gasteiger partial charge >= 0.3 is 0 Å². The van der Waals surface area contributed by atoms with Gasteiger partial charge in [-0.3, -0.25) is 10.1 Å². The van der Waals surface area contributed by atoms with Crippen molar-refractivity contribution >= 4 is 52.4 Å². The molecule has 21 heavy (non-hydrogen) atoms. The summed E-state index contributed by atoms with van der Waals surface area (Å²) in [6.07, 6.45) is 1.57. The van der Waals surface area contributed by atoms with E-state index in [0.29, 0.717) is 21.0 Å². The highest BCUT2D eigenvalue weighted by atomic mass is 35.5. The zero-order valence-corrected chi connectivity index (χ0v) is 13.7. The summed E-state index contributed by atoms with van der Waals surface area (Å²) in [6, 6.07) is 7.30. The van der Waals surface area contributed by atoms with Crippen molar-refractivity contribution in [3.63, 3.8) is 0 Å². The number of halogens is 2. The molecule has 1 aromatic heterocycles. The molecule has 2 rings (SSSR count). The molecule has 1 heterocycles. The highest BCUT2D eigenvalue weighted by Crippen LogP contribution is 2.20. The summed E-state index contributed by atoms with van der Waals surface area (Å²) in [6.45, 7) is 1.85. The number of para-hydroxylation sites is 1. The molecule has 2 N–H and O–H groups in total. The molecule has 2 aromatic rings. The lowest BCUT2D eigenvalue weighted by atomic mass is 10.3. The van der Waals surface area contributed by atoms with Crippen molar-refractivity contribution in [3.05, 3.63) is 45.7 Å². The normalized spacial score (nSPS) is 10.9. The summed E-state index contributed by atoms with van der Waals surface area (Å²) in [5.41, 5.74) is 4.95. The van der Waals surface area contributed by atoms with Crippen molar-refractivity contribution < 1.29 is 0 Å². The highest BCUT2D eigenvalue weighted by Gasteiger charge is 2.08. The number of nitrogens with zero attached hydrogens (tertiary/aromatic N) is 3. The number of thiocarbonyl (C=S) groups is 1. The standard InChI is InChI=1S/C13H13Cl2N5S/c1-8-9(12(15)20(2)19-8)7-16-18-13(21)17-11-6-4-3-5-10(11)14/h3-7H,1-2H3,(H2,17,18,21)/b16-7+. The van der Waals surface area contributed by atoms with Gasteiger partial charge in [0.1, 0.15) is 5.15 Å². The predicted octanol–water partition coefficient (Wildman–Crippen LogP) is 3.36. The van der Waals surface area contributed by atoms with E-state index in [-0.39, 0.29) is 0 Å². The van der Waals surface area contributed by atoms with E-state index in [2.05, 4.69) is 20.9 Å². The van der Waals surface area contributed by atoms with Gasteiger partial charge < -0.3 is 5.32 Å². The lowest BCUT2D eigenvalue weighted by molar-refractivity contribution is 0.757. The minimum atomic E-state index is 0.331. The maximum atomic E-state index is 6.10. The van der Waals surface area contributed by atoms with Crippen molar-refractivity contribution in [3.8, 4) is 0 Å². The second kappa shape index (κ2) is 6.89. The van der Waals surface area contributed by atoms with Crippen molar-refractivity contribution in [1.29, 1.82) is 0 Å². The first-order valence-electron chi connectivity index (χ1n) is 6.02. The van der Waals surface area contributed by atoms with Crippen LogP contribution in [0.3, 0.4) is 0 Å². The predicted molar refractivity (Wildman–Crippen MR) is 91.4 cm³/mol. The summed E-state index contributed by atoms with van der Waals surface area (Å²) >= 11 is 17.3. The van der Waals surface area contributed by atoms with E-state index in [9.17, 15) is 0 Å². The van der Waals surface area contributed by atoms with Crippen LogP contribution >= 0.6 is 35.4 Å². The molecule has 110 valence electrons. The van der Waals surface area contributed by atoms with Gasteiger partial charge in [0, 0.05) is 7.05 Å². The summed E-state index contributed by atoms with van der Waals surface area (Å²) < 4.78 is 1.58. The van der Waals surface area contributed by atoms with Crippen LogP contribution in [0.1, 0.15) is 11.3 Å². The monoisotopic (exact) mass is 341 g/mol. The maximum Gasteiger partial charge on any atom is 0.191 e. The van der Waals surface area contributed by atoms with Crippen molar-refractivity contribution in [2.75, 3.05) is 5.32 Å². The maximum absolute atomic E-state index is 6.10. The zero-order chi connectivity index (χ0) is 15.4. The van der Waals surface area contributed by atoms with Gasteiger partial charge in [-0.1, -0.05) is 35.3 Å². The Hall–Kier alpha value is -1.63. The van der Waals surface area contributed by atoms with E-state index >= 15 is 0 Å². The van der Waals surface area contributed by atoms with E-state index in [0.717, 1.165) is 11.3 Å². The second-order valence-corrected chi connectivity index (χ2v) is 5.39. The smallest absolute Gasteiger partial charge is 0.191 e. The molecule has 0 aliphatic carbocycles. The number of anilines is 1. The molecule has 0 spiro atoms. The van der Waals surface area contributed by atoms with Crippen molar-refractivity contribution in [1.82, 2.24) is 15.2 Å². The number of aromatic nitrogens is 2. The molecule has 0 unspecified atom stereocenters. The lowest BCUT2D eigenvalue weighted by Gasteiger charge is -2.08. The Morgan fingerprint density at radius 3 is 2.71 bits per heavy atom. The SMILES string of the molecule is Cc1nn(C)c(Cl)c1/C=N/NC(=S)Nc1ccccc1Cl. The molecule has 0 radical (unpaired) electrons. The molecule has 0 saturated carbocycles. The Bertz CT molecular complexity index is 696. The summed E-state index contributed by atoms with van der Waals surface area (Å²) in [5.74, 6) is 0. The first-order chi connectivity index (χ1) is 9.99. The highest BCUT2D eigenvalue weighted by molar-refractivity contribution is 7.80. The van der Waals surface area contributed by atoms with Crippen LogP contribution in [0.15, 0.2) is 29.4 Å². The molecule has 0 saturated heterocycles. The molecular formula is C13H13Cl2N5S. The lowest BCUT2D eigenvalue weighted by Crippen LogP contribution is -2.24. The minimum Gasteiger partial charge on any atom is -0.330 e. The molecule has 1 aromatic carbocycles. The Labute approximate surface area is 137 Å². The Balaban J connectivity index is 1.98. The van der Waals surface area contributed by atoms with Crippen LogP contribution in [0.25, 0.3) is 0 Å². The van der Waals surface area contributed by atoms with E-state index in [1.165, 1.54) is 0 Å². The number of rotatable bonds is 3. The topological polar surface area (TPSA) is 54.2 Å². The number of hydrogen-bond donors (Lipinski definition) is 2. The minimum absolute atomic E-state index is 0.331. The van der Waals surface area contributed by atoms with Crippen molar-refractivity contribution in [2.24, 2.45) is 12.1 Å². The fraction of sp³-hybridized carbons (Fsp3) is 0.154. The molecule has 5 nitrogen and oxygen atoms in total. The van der Waals surface area contributed by atoms with E-state index in [4.69, 9.17) is 35.4 Å². The Morgan fingerprint density at radius 2 is 2.10 bits per heavy atom. The Morgan fingerprint density at radius 1 is 1.38 bits per heavy atom. The van der Waals surface area contributed by atoms with Crippen LogP contribution in [0.5, 0.6) is 0 Å². The molecular weight excluding hydrogens is 329 g/mol. The fourth-order valence-electron chi connectivity index (χ4n) is 1.66. The summed E-state index contributed by atoms with van der Waals surface area (Å²) in [7, 11) is 1.77. The summed E-state index contributed by atoms with van der Waals surface area (Å²) in [4.78, 5) is 0. The molecule has 8 heteroatoms. The molecule has 0 amide bonds. The fourth-order valence-corrected chi connectivity index (χ4v) is 2.23. The number of nitrogens with one attached hydrogen (secondary N) is 2. The molecule has 0 fully saturated rings. The summed E-state index contributed by atoms with van der Waals surface area (Å²) in [5, 5.41) is 12.6. The molecule has 0 aliphatic heterocycles. The van der Waals surface area contributed by atoms with Gasteiger partial charge in [0.15, 0.2) is 5.11 Å². The van der Waals surface area contributed by atoms with Gasteiger partial charge in [-0.15, -0.1) is 0 Å². The largest absolute Gasteiger partial charge is 0.330 e. The van der Waals surface area contributed by atoms with Crippen LogP contribution in [-0.2, 0) is 7.05 Å². The molecule has 0 atom stereocenters. The van der Waals surface area contributed by atoms with Gasteiger partial charge in [0.2, 0.25) is 0 Å². The average Bonchev–Trinajstić information content (AvgIpc) is 2.68. The third-order valence-corrected chi connectivity index (χ3v) is 3.65. The number of hydrogen-bond acceptors (Lipinski definition) is 3. The van der Waals surface area contributed by atoms with Crippen molar-refractivity contribution in [2.45, 2.75) is 6.92 Å². The van der Waals surface area contributed by atoms with Crippen LogP contribution in [0, 0.1) is 6.92 Å². The molecule has 0 bridgehead atoms. The van der Waals surface area contributed by atoms with Gasteiger partial charge in [-0.2, -0.15) is 10.2 Å². The molecule has 0 aliphatic rings. The third-order valence-electron chi connectivity index (χ3n) is 2.68. The number of aryl methyl sites for hydroxylation is 2. The average molecular weight is 342 g/mol. The van der Waals surface area contributed by atoms with E-state index in [1.807, 2.05) is 25.1 Å².